The zero-order valence-corrected chi connectivity index (χ0v) is 16.4. The molecule has 1 unspecified atom stereocenters. The van der Waals surface area contributed by atoms with Crippen molar-refractivity contribution in [2.45, 2.75) is 45.8 Å². The molecule has 0 aliphatic carbocycles. The van der Waals surface area contributed by atoms with Crippen molar-refractivity contribution in [1.82, 2.24) is 35.0 Å². The molecular formula is C19H22N8O2. The molecule has 0 saturated carbocycles. The fraction of sp³-hybridized carbons (Fsp3) is 0.368. The van der Waals surface area contributed by atoms with Gasteiger partial charge >= 0.3 is 6.09 Å². The standard InChI is InChI=1S/C19H22N8O2/c1-4-14-18-25-23-10-26(18)15-9-21-16(24-17(15)27(14)11(2)3)13-5-6-20-7-12(13)8-22-19(28)29/h5-7,9-11,14,22H,4,8H2,1-3H3,(H,28,29). The highest BCUT2D eigenvalue weighted by atomic mass is 16.4. The number of rotatable bonds is 5. The van der Waals surface area contributed by atoms with Crippen LogP contribution in [0.15, 0.2) is 31.0 Å². The zero-order valence-electron chi connectivity index (χ0n) is 16.4. The summed E-state index contributed by atoms with van der Waals surface area (Å²) >= 11 is 0. The molecule has 4 rings (SSSR count). The van der Waals surface area contributed by atoms with Gasteiger partial charge in [0.1, 0.15) is 12.0 Å². The molecule has 0 saturated heterocycles. The summed E-state index contributed by atoms with van der Waals surface area (Å²) in [6.45, 7) is 6.48. The van der Waals surface area contributed by atoms with E-state index in [0.29, 0.717) is 11.4 Å². The molecule has 1 aliphatic rings. The molecule has 1 amide bonds. The van der Waals surface area contributed by atoms with Crippen LogP contribution >= 0.6 is 0 Å². The fourth-order valence-electron chi connectivity index (χ4n) is 3.73. The van der Waals surface area contributed by atoms with Gasteiger partial charge in [0.05, 0.1) is 12.2 Å². The molecule has 0 radical (unpaired) electrons. The van der Waals surface area contributed by atoms with E-state index < -0.39 is 6.09 Å². The van der Waals surface area contributed by atoms with E-state index in [0.717, 1.165) is 29.3 Å². The van der Waals surface area contributed by atoms with Crippen molar-refractivity contribution in [3.8, 4) is 17.1 Å². The maximum atomic E-state index is 10.9. The molecule has 0 fully saturated rings. The number of pyridine rings is 1. The van der Waals surface area contributed by atoms with Gasteiger partial charge in [-0.25, -0.2) is 14.8 Å². The van der Waals surface area contributed by atoms with Crippen LogP contribution in [0.5, 0.6) is 0 Å². The number of nitrogens with one attached hydrogen (secondary N) is 1. The Morgan fingerprint density at radius 3 is 2.90 bits per heavy atom. The van der Waals surface area contributed by atoms with Crippen LogP contribution in [0.4, 0.5) is 10.6 Å². The molecule has 150 valence electrons. The first-order chi connectivity index (χ1) is 14.0. The van der Waals surface area contributed by atoms with Gasteiger partial charge in [-0.15, -0.1) is 10.2 Å². The van der Waals surface area contributed by atoms with E-state index in [4.69, 9.17) is 10.1 Å². The van der Waals surface area contributed by atoms with Crippen molar-refractivity contribution >= 4 is 11.9 Å². The molecule has 10 heteroatoms. The SMILES string of the molecule is CCC1c2nncn2-c2cnc(-c3ccncc3CNC(=O)O)nc2N1C(C)C. The van der Waals surface area contributed by atoms with Crippen LogP contribution in [0.25, 0.3) is 17.1 Å². The van der Waals surface area contributed by atoms with E-state index in [-0.39, 0.29) is 18.6 Å². The summed E-state index contributed by atoms with van der Waals surface area (Å²) < 4.78 is 1.94. The van der Waals surface area contributed by atoms with E-state index in [9.17, 15) is 4.79 Å². The lowest BCUT2D eigenvalue weighted by Crippen LogP contribution is -2.40. The van der Waals surface area contributed by atoms with E-state index in [1.54, 1.807) is 31.0 Å². The molecule has 29 heavy (non-hydrogen) atoms. The predicted octanol–water partition coefficient (Wildman–Crippen LogP) is 2.57. The Bertz CT molecular complexity index is 1050. The molecule has 1 aliphatic heterocycles. The summed E-state index contributed by atoms with van der Waals surface area (Å²) in [4.78, 5) is 26.7. The lowest BCUT2D eigenvalue weighted by Gasteiger charge is -2.39. The normalized spacial score (nSPS) is 15.2. The highest BCUT2D eigenvalue weighted by Crippen LogP contribution is 2.39. The Morgan fingerprint density at radius 2 is 2.17 bits per heavy atom. The number of aromatic nitrogens is 6. The van der Waals surface area contributed by atoms with E-state index >= 15 is 0 Å². The molecular weight excluding hydrogens is 372 g/mol. The molecule has 1 atom stereocenters. The molecule has 3 aromatic heterocycles. The number of fused-ring (bicyclic) bond motifs is 3. The first-order valence-corrected chi connectivity index (χ1v) is 9.47. The molecule has 0 aromatic carbocycles. The smallest absolute Gasteiger partial charge is 0.404 e. The van der Waals surface area contributed by atoms with Crippen molar-refractivity contribution in [2.24, 2.45) is 0 Å². The van der Waals surface area contributed by atoms with Gasteiger partial charge in [0, 0.05) is 36.1 Å². The second-order valence-corrected chi connectivity index (χ2v) is 7.08. The Morgan fingerprint density at radius 1 is 1.34 bits per heavy atom. The number of amides is 1. The van der Waals surface area contributed by atoms with Gasteiger partial charge in [-0.1, -0.05) is 6.92 Å². The maximum absolute atomic E-state index is 10.9. The zero-order chi connectivity index (χ0) is 20.5. The van der Waals surface area contributed by atoms with Crippen LogP contribution in [0.3, 0.4) is 0 Å². The molecule has 2 N–H and O–H groups in total. The largest absolute Gasteiger partial charge is 0.465 e. The van der Waals surface area contributed by atoms with Gasteiger partial charge < -0.3 is 15.3 Å². The van der Waals surface area contributed by atoms with Crippen molar-refractivity contribution in [3.63, 3.8) is 0 Å². The van der Waals surface area contributed by atoms with Crippen LogP contribution in [0.2, 0.25) is 0 Å². The summed E-state index contributed by atoms with van der Waals surface area (Å²) in [5, 5.41) is 19.7. The van der Waals surface area contributed by atoms with Crippen LogP contribution in [-0.2, 0) is 6.54 Å². The van der Waals surface area contributed by atoms with E-state index in [2.05, 4.69) is 51.2 Å². The Kier molecular flexibility index (Phi) is 4.83. The van der Waals surface area contributed by atoms with Gasteiger partial charge in [-0.05, 0) is 26.3 Å². The van der Waals surface area contributed by atoms with Crippen molar-refractivity contribution in [1.29, 1.82) is 0 Å². The second-order valence-electron chi connectivity index (χ2n) is 7.08. The third-order valence-corrected chi connectivity index (χ3v) is 4.98. The number of carboxylic acid groups (broad SMARTS) is 1. The average molecular weight is 394 g/mol. The monoisotopic (exact) mass is 394 g/mol. The van der Waals surface area contributed by atoms with Gasteiger partial charge in [0.2, 0.25) is 0 Å². The number of anilines is 1. The molecule has 0 bridgehead atoms. The minimum atomic E-state index is -1.09. The van der Waals surface area contributed by atoms with Gasteiger partial charge in [0.15, 0.2) is 17.5 Å². The lowest BCUT2D eigenvalue weighted by atomic mass is 10.1. The third kappa shape index (κ3) is 3.26. The van der Waals surface area contributed by atoms with Gasteiger partial charge in [-0.2, -0.15) is 0 Å². The lowest BCUT2D eigenvalue weighted by molar-refractivity contribution is 0.194. The van der Waals surface area contributed by atoms with Crippen molar-refractivity contribution in [3.05, 3.63) is 42.4 Å². The average Bonchev–Trinajstić information content (AvgIpc) is 3.20. The number of carbonyl (C=O) groups is 1. The molecule has 10 nitrogen and oxygen atoms in total. The first-order valence-electron chi connectivity index (χ1n) is 9.47. The maximum Gasteiger partial charge on any atom is 0.404 e. The molecule has 3 aromatic rings. The summed E-state index contributed by atoms with van der Waals surface area (Å²) in [5.74, 6) is 2.20. The summed E-state index contributed by atoms with van der Waals surface area (Å²) in [5.41, 5.74) is 2.27. The minimum Gasteiger partial charge on any atom is -0.465 e. The number of hydrogen-bond acceptors (Lipinski definition) is 7. The Balaban J connectivity index is 1.84. The fourth-order valence-corrected chi connectivity index (χ4v) is 3.73. The van der Waals surface area contributed by atoms with Crippen molar-refractivity contribution in [2.75, 3.05) is 4.90 Å². The number of hydrogen-bond donors (Lipinski definition) is 2. The van der Waals surface area contributed by atoms with Gasteiger partial charge in [0.25, 0.3) is 0 Å². The summed E-state index contributed by atoms with van der Waals surface area (Å²) in [6, 6.07) is 2.04. The highest BCUT2D eigenvalue weighted by Gasteiger charge is 2.35. The highest BCUT2D eigenvalue weighted by molar-refractivity contribution is 5.69. The van der Waals surface area contributed by atoms with Crippen molar-refractivity contribution < 1.29 is 9.90 Å². The van der Waals surface area contributed by atoms with Crippen LogP contribution in [0.1, 0.15) is 44.6 Å². The quantitative estimate of drug-likeness (QED) is 0.677. The minimum absolute atomic E-state index is 0.0540. The van der Waals surface area contributed by atoms with E-state index in [1.165, 1.54) is 0 Å². The van der Waals surface area contributed by atoms with Crippen LogP contribution < -0.4 is 10.2 Å². The topological polar surface area (TPSA) is 122 Å². The van der Waals surface area contributed by atoms with Crippen LogP contribution in [-0.4, -0.2) is 47.0 Å². The first kappa shape index (κ1) is 18.8. The van der Waals surface area contributed by atoms with E-state index in [1.807, 2.05) is 4.57 Å². The molecule has 0 spiro atoms. The summed E-state index contributed by atoms with van der Waals surface area (Å²) in [6.07, 6.45) is 6.49. The third-order valence-electron chi connectivity index (χ3n) is 4.98. The summed E-state index contributed by atoms with van der Waals surface area (Å²) in [7, 11) is 0. The Hall–Kier alpha value is -3.56. The predicted molar refractivity (Wildman–Crippen MR) is 106 cm³/mol. The van der Waals surface area contributed by atoms with Crippen LogP contribution in [0, 0.1) is 0 Å². The van der Waals surface area contributed by atoms with Gasteiger partial charge in [-0.3, -0.25) is 9.55 Å². The number of nitrogens with zero attached hydrogens (tertiary/aromatic N) is 7. The second kappa shape index (κ2) is 7.46. The molecule has 4 heterocycles. The Labute approximate surface area is 167 Å².